The van der Waals surface area contributed by atoms with Crippen LogP contribution in [0.2, 0.25) is 5.02 Å². The normalized spacial score (nSPS) is 16.4. The van der Waals surface area contributed by atoms with Crippen molar-refractivity contribution in [2.24, 2.45) is 0 Å². The first-order chi connectivity index (χ1) is 9.24. The summed E-state index contributed by atoms with van der Waals surface area (Å²) < 4.78 is 0. The quantitative estimate of drug-likeness (QED) is 0.766. The fraction of sp³-hybridized carbons (Fsp3) is 0.625. The number of nitrogens with one attached hydrogen (secondary N) is 1. The molecule has 0 atom stereocenters. The molecule has 0 radical (unpaired) electrons. The number of halogens is 1. The Kier molecular flexibility index (Phi) is 6.15. The summed E-state index contributed by atoms with van der Waals surface area (Å²) in [5.74, 6) is 0. The summed E-state index contributed by atoms with van der Waals surface area (Å²) in [7, 11) is 2.18. The molecule has 3 heteroatoms. The van der Waals surface area contributed by atoms with E-state index in [4.69, 9.17) is 11.6 Å². The minimum absolute atomic E-state index is 0.790. The zero-order valence-electron chi connectivity index (χ0n) is 11.9. The van der Waals surface area contributed by atoms with Crippen molar-refractivity contribution in [2.75, 3.05) is 20.1 Å². The van der Waals surface area contributed by atoms with Crippen LogP contribution in [-0.2, 0) is 6.54 Å². The molecule has 0 aliphatic heterocycles. The smallest absolute Gasteiger partial charge is 0.0409 e. The van der Waals surface area contributed by atoms with Gasteiger partial charge in [-0.1, -0.05) is 36.6 Å². The standard InChI is InChI=1S/C16H25ClN2/c1-19(13-14-6-4-7-15(17)12-14)11-5-10-18-16-8-2-3-9-16/h4,6-7,12,16,18H,2-3,5,8-11,13H2,1H3. The molecule has 0 unspecified atom stereocenters. The van der Waals surface area contributed by atoms with E-state index in [-0.39, 0.29) is 0 Å². The maximum absolute atomic E-state index is 6.00. The first-order valence-corrected chi connectivity index (χ1v) is 7.78. The molecule has 0 saturated heterocycles. The highest BCUT2D eigenvalue weighted by molar-refractivity contribution is 6.30. The molecule has 1 aromatic carbocycles. The molecule has 1 saturated carbocycles. The lowest BCUT2D eigenvalue weighted by atomic mass is 10.2. The molecule has 0 spiro atoms. The molecule has 1 N–H and O–H groups in total. The van der Waals surface area contributed by atoms with Crippen molar-refractivity contribution in [1.82, 2.24) is 10.2 Å². The Morgan fingerprint density at radius 1 is 1.32 bits per heavy atom. The van der Waals surface area contributed by atoms with Gasteiger partial charge in [0.05, 0.1) is 0 Å². The molecule has 1 aliphatic rings. The van der Waals surface area contributed by atoms with Crippen molar-refractivity contribution in [1.29, 1.82) is 0 Å². The topological polar surface area (TPSA) is 15.3 Å². The average Bonchev–Trinajstić information content (AvgIpc) is 2.88. The molecule has 106 valence electrons. The van der Waals surface area contributed by atoms with Gasteiger partial charge in [-0.3, -0.25) is 0 Å². The summed E-state index contributed by atoms with van der Waals surface area (Å²) in [5.41, 5.74) is 1.29. The van der Waals surface area contributed by atoms with Crippen LogP contribution in [0.1, 0.15) is 37.7 Å². The Hall–Kier alpha value is -0.570. The first kappa shape index (κ1) is 14.8. The third kappa shape index (κ3) is 5.52. The Labute approximate surface area is 122 Å². The van der Waals surface area contributed by atoms with Crippen LogP contribution in [0.25, 0.3) is 0 Å². The maximum Gasteiger partial charge on any atom is 0.0409 e. The van der Waals surface area contributed by atoms with E-state index in [9.17, 15) is 0 Å². The number of rotatable bonds is 7. The second-order valence-corrected chi connectivity index (χ2v) is 6.09. The lowest BCUT2D eigenvalue weighted by Crippen LogP contribution is -2.29. The van der Waals surface area contributed by atoms with E-state index < -0.39 is 0 Å². The molecule has 1 fully saturated rings. The molecule has 1 aliphatic carbocycles. The highest BCUT2D eigenvalue weighted by Crippen LogP contribution is 2.17. The van der Waals surface area contributed by atoms with Crippen LogP contribution >= 0.6 is 11.6 Å². The van der Waals surface area contributed by atoms with Crippen LogP contribution in [0.3, 0.4) is 0 Å². The van der Waals surface area contributed by atoms with Gasteiger partial charge in [0.1, 0.15) is 0 Å². The van der Waals surface area contributed by atoms with Gasteiger partial charge >= 0.3 is 0 Å². The third-order valence-corrected chi connectivity index (χ3v) is 4.08. The number of benzene rings is 1. The number of hydrogen-bond acceptors (Lipinski definition) is 2. The highest BCUT2D eigenvalue weighted by atomic mass is 35.5. The van der Waals surface area contributed by atoms with Gasteiger partial charge in [0.2, 0.25) is 0 Å². The van der Waals surface area contributed by atoms with Crippen LogP contribution in [0, 0.1) is 0 Å². The zero-order chi connectivity index (χ0) is 13.5. The fourth-order valence-corrected chi connectivity index (χ4v) is 3.02. The fourth-order valence-electron chi connectivity index (χ4n) is 2.81. The van der Waals surface area contributed by atoms with Crippen molar-refractivity contribution < 1.29 is 0 Å². The van der Waals surface area contributed by atoms with Crippen molar-refractivity contribution in [3.63, 3.8) is 0 Å². The van der Waals surface area contributed by atoms with Crippen LogP contribution in [0.5, 0.6) is 0 Å². The van der Waals surface area contributed by atoms with Crippen LogP contribution in [-0.4, -0.2) is 31.1 Å². The summed E-state index contributed by atoms with van der Waals surface area (Å²) in [6, 6.07) is 8.93. The Bertz CT molecular complexity index is 375. The van der Waals surface area contributed by atoms with Crippen molar-refractivity contribution in [2.45, 2.75) is 44.7 Å². The number of hydrogen-bond donors (Lipinski definition) is 1. The van der Waals surface area contributed by atoms with Gasteiger partial charge in [-0.2, -0.15) is 0 Å². The van der Waals surface area contributed by atoms with Crippen molar-refractivity contribution in [3.8, 4) is 0 Å². The van der Waals surface area contributed by atoms with E-state index in [1.807, 2.05) is 12.1 Å². The first-order valence-electron chi connectivity index (χ1n) is 7.40. The van der Waals surface area contributed by atoms with Crippen LogP contribution in [0.4, 0.5) is 0 Å². The van der Waals surface area contributed by atoms with E-state index in [1.54, 1.807) is 0 Å². The van der Waals surface area contributed by atoms with Crippen molar-refractivity contribution in [3.05, 3.63) is 34.9 Å². The average molecular weight is 281 g/mol. The number of nitrogens with zero attached hydrogens (tertiary/aromatic N) is 1. The van der Waals surface area contributed by atoms with E-state index in [2.05, 4.69) is 29.4 Å². The Balaban J connectivity index is 1.60. The lowest BCUT2D eigenvalue weighted by Gasteiger charge is -2.18. The highest BCUT2D eigenvalue weighted by Gasteiger charge is 2.13. The monoisotopic (exact) mass is 280 g/mol. The summed E-state index contributed by atoms with van der Waals surface area (Å²) in [4.78, 5) is 2.36. The van der Waals surface area contributed by atoms with E-state index in [0.29, 0.717) is 0 Å². The molecular weight excluding hydrogens is 256 g/mol. The predicted octanol–water partition coefficient (Wildman–Crippen LogP) is 3.69. The molecule has 19 heavy (non-hydrogen) atoms. The SMILES string of the molecule is CN(CCCNC1CCCC1)Cc1cccc(Cl)c1. The molecule has 0 aromatic heterocycles. The minimum atomic E-state index is 0.790. The minimum Gasteiger partial charge on any atom is -0.314 e. The molecule has 0 amide bonds. The van der Waals surface area contributed by atoms with Crippen molar-refractivity contribution >= 4 is 11.6 Å². The summed E-state index contributed by atoms with van der Waals surface area (Å²) in [5, 5.41) is 4.49. The van der Waals surface area contributed by atoms with E-state index >= 15 is 0 Å². The van der Waals surface area contributed by atoms with Gasteiger partial charge in [-0.15, -0.1) is 0 Å². The summed E-state index contributed by atoms with van der Waals surface area (Å²) in [6.07, 6.45) is 6.78. The Morgan fingerprint density at radius 3 is 2.84 bits per heavy atom. The third-order valence-electron chi connectivity index (χ3n) is 3.85. The van der Waals surface area contributed by atoms with Gasteiger partial charge in [0.25, 0.3) is 0 Å². The molecule has 2 rings (SSSR count). The molecule has 0 heterocycles. The van der Waals surface area contributed by atoms with Gasteiger partial charge in [-0.25, -0.2) is 0 Å². The summed E-state index contributed by atoms with van der Waals surface area (Å²) in [6.45, 7) is 3.25. The van der Waals surface area contributed by atoms with Gasteiger partial charge in [-0.05, 0) is 57.1 Å². The van der Waals surface area contributed by atoms with E-state index in [1.165, 1.54) is 37.7 Å². The Morgan fingerprint density at radius 2 is 2.11 bits per heavy atom. The van der Waals surface area contributed by atoms with Gasteiger partial charge in [0, 0.05) is 17.6 Å². The van der Waals surface area contributed by atoms with E-state index in [0.717, 1.165) is 30.7 Å². The molecular formula is C16H25ClN2. The molecule has 2 nitrogen and oxygen atoms in total. The van der Waals surface area contributed by atoms with Gasteiger partial charge in [0.15, 0.2) is 0 Å². The molecule has 0 bridgehead atoms. The van der Waals surface area contributed by atoms with Crippen LogP contribution in [0.15, 0.2) is 24.3 Å². The second kappa shape index (κ2) is 7.88. The largest absolute Gasteiger partial charge is 0.314 e. The summed E-state index contributed by atoms with van der Waals surface area (Å²) >= 11 is 6.00. The maximum atomic E-state index is 6.00. The van der Waals surface area contributed by atoms with Crippen LogP contribution < -0.4 is 5.32 Å². The zero-order valence-corrected chi connectivity index (χ0v) is 12.6. The molecule has 1 aromatic rings. The second-order valence-electron chi connectivity index (χ2n) is 5.66. The van der Waals surface area contributed by atoms with Gasteiger partial charge < -0.3 is 10.2 Å². The lowest BCUT2D eigenvalue weighted by molar-refractivity contribution is 0.316. The predicted molar refractivity (Wildman–Crippen MR) is 82.7 cm³/mol.